The Morgan fingerprint density at radius 1 is 1.07 bits per heavy atom. The van der Waals surface area contributed by atoms with Crippen LogP contribution in [0.5, 0.6) is 0 Å². The molecule has 2 aliphatic rings. The lowest BCUT2D eigenvalue weighted by molar-refractivity contribution is 0.0468. The molecular formula is C23H21N3O. The molecule has 134 valence electrons. The van der Waals surface area contributed by atoms with Crippen LogP contribution in [-0.2, 0) is 11.2 Å². The van der Waals surface area contributed by atoms with Crippen LogP contribution in [0.15, 0.2) is 47.5 Å². The predicted molar refractivity (Wildman–Crippen MR) is 104 cm³/mol. The van der Waals surface area contributed by atoms with E-state index >= 15 is 0 Å². The van der Waals surface area contributed by atoms with E-state index in [1.54, 1.807) is 7.11 Å². The lowest BCUT2D eigenvalue weighted by atomic mass is 9.70. The van der Waals surface area contributed by atoms with Crippen LogP contribution in [0.3, 0.4) is 0 Å². The van der Waals surface area contributed by atoms with Crippen LogP contribution < -0.4 is 0 Å². The number of hydrogen-bond donors (Lipinski definition) is 0. The average molecular weight is 355 g/mol. The van der Waals surface area contributed by atoms with Crippen molar-refractivity contribution >= 4 is 5.71 Å². The van der Waals surface area contributed by atoms with Crippen molar-refractivity contribution in [3.63, 3.8) is 0 Å². The van der Waals surface area contributed by atoms with E-state index in [0.717, 1.165) is 54.5 Å². The second-order valence-electron chi connectivity index (χ2n) is 7.52. The van der Waals surface area contributed by atoms with Gasteiger partial charge in [-0.05, 0) is 67.0 Å². The molecular weight excluding hydrogens is 334 g/mol. The number of fused-ring (bicyclic) bond motifs is 1. The lowest BCUT2D eigenvalue weighted by Crippen LogP contribution is -2.35. The average Bonchev–Trinajstić information content (AvgIpc) is 3.01. The first kappa shape index (κ1) is 17.5. The Morgan fingerprint density at radius 2 is 1.85 bits per heavy atom. The largest absolute Gasteiger partial charge is 0.381 e. The van der Waals surface area contributed by atoms with Crippen LogP contribution in [0.25, 0.3) is 11.1 Å². The second-order valence-corrected chi connectivity index (χ2v) is 7.52. The molecule has 0 unspecified atom stereocenters. The highest BCUT2D eigenvalue weighted by Gasteiger charge is 2.45. The van der Waals surface area contributed by atoms with Crippen molar-refractivity contribution in [1.29, 1.82) is 10.5 Å². The van der Waals surface area contributed by atoms with Gasteiger partial charge >= 0.3 is 0 Å². The molecule has 1 fully saturated rings. The highest BCUT2D eigenvalue weighted by molar-refractivity contribution is 6.10. The van der Waals surface area contributed by atoms with E-state index in [0.29, 0.717) is 11.7 Å². The van der Waals surface area contributed by atoms with Crippen LogP contribution in [0.4, 0.5) is 0 Å². The Kier molecular flexibility index (Phi) is 4.52. The van der Waals surface area contributed by atoms with Gasteiger partial charge in [0, 0.05) is 18.1 Å². The number of hydrogen-bond acceptors (Lipinski definition) is 4. The number of nitrogens with zero attached hydrogens (tertiary/aromatic N) is 3. The second kappa shape index (κ2) is 6.99. The summed E-state index contributed by atoms with van der Waals surface area (Å²) in [5.41, 5.74) is 5.96. The number of nitriles is 2. The zero-order valence-electron chi connectivity index (χ0n) is 15.4. The quantitative estimate of drug-likeness (QED) is 0.738. The maximum absolute atomic E-state index is 9.32. The number of benzene rings is 2. The van der Waals surface area contributed by atoms with Crippen LogP contribution in [0, 0.1) is 28.2 Å². The molecule has 2 aliphatic carbocycles. The van der Waals surface area contributed by atoms with E-state index < -0.39 is 0 Å². The van der Waals surface area contributed by atoms with Crippen molar-refractivity contribution in [3.8, 4) is 23.4 Å². The summed E-state index contributed by atoms with van der Waals surface area (Å²) in [6, 6.07) is 16.2. The van der Waals surface area contributed by atoms with E-state index in [9.17, 15) is 5.26 Å². The predicted octanol–water partition coefficient (Wildman–Crippen LogP) is 4.63. The van der Waals surface area contributed by atoms with Gasteiger partial charge in [0.2, 0.25) is 6.19 Å². The maximum Gasteiger partial charge on any atom is 0.205 e. The molecule has 0 saturated heterocycles. The van der Waals surface area contributed by atoms with Gasteiger partial charge in [-0.1, -0.05) is 24.3 Å². The van der Waals surface area contributed by atoms with Crippen molar-refractivity contribution in [2.75, 3.05) is 7.11 Å². The van der Waals surface area contributed by atoms with Crippen LogP contribution in [0.1, 0.15) is 42.4 Å². The van der Waals surface area contributed by atoms with Crippen molar-refractivity contribution in [2.24, 2.45) is 10.4 Å². The summed E-state index contributed by atoms with van der Waals surface area (Å²) in [7, 11) is 1.78. The first-order valence-corrected chi connectivity index (χ1v) is 9.33. The molecule has 0 bridgehead atoms. The number of methoxy groups -OCH3 is 1. The molecule has 1 spiro atoms. The third-order valence-electron chi connectivity index (χ3n) is 6.11. The van der Waals surface area contributed by atoms with Gasteiger partial charge in [-0.3, -0.25) is 0 Å². The fourth-order valence-electron chi connectivity index (χ4n) is 4.65. The smallest absolute Gasteiger partial charge is 0.205 e. The fraction of sp³-hybridized carbons (Fsp3) is 0.348. The zero-order valence-corrected chi connectivity index (χ0v) is 15.4. The van der Waals surface area contributed by atoms with Gasteiger partial charge in [-0.2, -0.15) is 15.5 Å². The SMILES string of the molecule is COC1CCC2(CC1)Cc1ccc(-c3cccc(C#N)c3)cc1C2=NC#N. The van der Waals surface area contributed by atoms with Crippen molar-refractivity contribution in [1.82, 2.24) is 0 Å². The summed E-state index contributed by atoms with van der Waals surface area (Å²) in [4.78, 5) is 4.29. The topological polar surface area (TPSA) is 69.2 Å². The number of ether oxygens (including phenoxy) is 1. The molecule has 2 aromatic carbocycles. The molecule has 0 atom stereocenters. The molecule has 4 nitrogen and oxygen atoms in total. The maximum atomic E-state index is 9.32. The van der Waals surface area contributed by atoms with E-state index in [1.165, 1.54) is 5.56 Å². The van der Waals surface area contributed by atoms with Crippen molar-refractivity contribution < 1.29 is 4.74 Å². The summed E-state index contributed by atoms with van der Waals surface area (Å²) < 4.78 is 5.53. The van der Waals surface area contributed by atoms with Crippen molar-refractivity contribution in [2.45, 2.75) is 38.2 Å². The normalized spacial score (nSPS) is 25.1. The molecule has 0 aliphatic heterocycles. The van der Waals surface area contributed by atoms with Gasteiger partial charge in [0.05, 0.1) is 23.4 Å². The van der Waals surface area contributed by atoms with Crippen LogP contribution in [-0.4, -0.2) is 18.9 Å². The molecule has 0 aromatic heterocycles. The molecule has 2 aromatic rings. The standard InChI is InChI=1S/C23H21N3O/c1-27-20-7-9-23(10-8-20)13-19-6-5-18(12-21(19)22(23)26-15-25)17-4-2-3-16(11-17)14-24/h2-6,11-12,20H,7-10,13H2,1H3. The summed E-state index contributed by atoms with van der Waals surface area (Å²) in [5, 5.41) is 18.5. The van der Waals surface area contributed by atoms with E-state index in [2.05, 4.69) is 29.3 Å². The minimum Gasteiger partial charge on any atom is -0.381 e. The van der Waals surface area contributed by atoms with Crippen LogP contribution >= 0.6 is 0 Å². The third-order valence-corrected chi connectivity index (χ3v) is 6.11. The van der Waals surface area contributed by atoms with Gasteiger partial charge in [-0.15, -0.1) is 0 Å². The van der Waals surface area contributed by atoms with Crippen molar-refractivity contribution in [3.05, 3.63) is 59.2 Å². The highest BCUT2D eigenvalue weighted by atomic mass is 16.5. The van der Waals surface area contributed by atoms with Gasteiger partial charge in [0.15, 0.2) is 0 Å². The summed E-state index contributed by atoms with van der Waals surface area (Å²) in [5.74, 6) is 0. The molecule has 0 heterocycles. The summed E-state index contributed by atoms with van der Waals surface area (Å²) in [6.45, 7) is 0. The van der Waals surface area contributed by atoms with Gasteiger partial charge in [0.25, 0.3) is 0 Å². The zero-order chi connectivity index (χ0) is 18.9. The van der Waals surface area contributed by atoms with Gasteiger partial charge in [-0.25, -0.2) is 0 Å². The first-order chi connectivity index (χ1) is 13.2. The van der Waals surface area contributed by atoms with E-state index in [1.807, 2.05) is 30.5 Å². The first-order valence-electron chi connectivity index (χ1n) is 9.33. The Balaban J connectivity index is 1.74. The monoisotopic (exact) mass is 355 g/mol. The molecule has 0 amide bonds. The Hall–Kier alpha value is -2.95. The molecule has 1 saturated carbocycles. The molecule has 4 heteroatoms. The number of rotatable bonds is 2. The van der Waals surface area contributed by atoms with Crippen LogP contribution in [0.2, 0.25) is 0 Å². The Labute approximate surface area is 159 Å². The molecule has 27 heavy (non-hydrogen) atoms. The Morgan fingerprint density at radius 3 is 2.56 bits per heavy atom. The minimum absolute atomic E-state index is 0.0414. The minimum atomic E-state index is -0.0414. The summed E-state index contributed by atoms with van der Waals surface area (Å²) in [6.07, 6.45) is 7.30. The molecule has 4 rings (SSSR count). The van der Waals surface area contributed by atoms with E-state index in [-0.39, 0.29) is 5.41 Å². The molecule has 0 radical (unpaired) electrons. The lowest BCUT2D eigenvalue weighted by Gasteiger charge is -2.36. The fourth-order valence-corrected chi connectivity index (χ4v) is 4.65. The third kappa shape index (κ3) is 3.03. The summed E-state index contributed by atoms with van der Waals surface area (Å²) >= 11 is 0. The van der Waals surface area contributed by atoms with E-state index in [4.69, 9.17) is 10.00 Å². The Bertz CT molecular complexity index is 985. The van der Waals surface area contributed by atoms with Gasteiger partial charge < -0.3 is 4.74 Å². The molecule has 0 N–H and O–H groups in total. The highest BCUT2D eigenvalue weighted by Crippen LogP contribution is 2.48. The van der Waals surface area contributed by atoms with Gasteiger partial charge in [0.1, 0.15) is 0 Å². The number of aliphatic imine (C=N–C) groups is 1.